The van der Waals surface area contributed by atoms with Crippen molar-refractivity contribution in [3.05, 3.63) is 47.3 Å². The quantitative estimate of drug-likeness (QED) is 0.759. The molecule has 0 fully saturated rings. The van der Waals surface area contributed by atoms with Gasteiger partial charge in [0.05, 0.1) is 21.3 Å². The van der Waals surface area contributed by atoms with Crippen LogP contribution in [-0.4, -0.2) is 39.2 Å². The number of aryl methyl sites for hydroxylation is 1. The number of anilines is 1. The average molecular weight is 390 g/mol. The van der Waals surface area contributed by atoms with Crippen molar-refractivity contribution in [3.63, 3.8) is 0 Å². The van der Waals surface area contributed by atoms with Crippen molar-refractivity contribution in [2.45, 2.75) is 19.9 Å². The zero-order valence-electron chi connectivity index (χ0n) is 16.4. The van der Waals surface area contributed by atoms with Crippen LogP contribution >= 0.6 is 0 Å². The molecule has 0 bridgehead atoms. The lowest BCUT2D eigenvalue weighted by molar-refractivity contribution is -0.117. The molecule has 0 spiro atoms. The third-order valence-electron chi connectivity index (χ3n) is 4.11. The van der Waals surface area contributed by atoms with Crippen molar-refractivity contribution in [2.75, 3.05) is 26.6 Å². The van der Waals surface area contributed by atoms with Crippen molar-refractivity contribution in [1.82, 2.24) is 5.32 Å². The summed E-state index contributed by atoms with van der Waals surface area (Å²) in [6, 6.07) is 6.18. The van der Waals surface area contributed by atoms with E-state index in [1.807, 2.05) is 0 Å². The largest absolute Gasteiger partial charge is 0.493 e. The minimum Gasteiger partial charge on any atom is -0.493 e. The van der Waals surface area contributed by atoms with Crippen LogP contribution in [0.2, 0.25) is 0 Å². The standard InChI is InChI=1S/C20H23FN2O5/c1-11-8-14(21)6-7-15(11)23-19(24)12(2)22-20(25)13-9-16(26-3)18(28-5)17(10-13)27-4/h6-10,12H,1-5H3,(H,22,25)(H,23,24)/t12-/m0/s1. The van der Waals surface area contributed by atoms with Crippen molar-refractivity contribution < 1.29 is 28.2 Å². The highest BCUT2D eigenvalue weighted by atomic mass is 19.1. The molecule has 2 amide bonds. The molecule has 1 atom stereocenters. The van der Waals surface area contributed by atoms with Crippen LogP contribution in [0.15, 0.2) is 30.3 Å². The lowest BCUT2D eigenvalue weighted by Gasteiger charge is -2.17. The maximum Gasteiger partial charge on any atom is 0.252 e. The van der Waals surface area contributed by atoms with Gasteiger partial charge in [-0.1, -0.05) is 0 Å². The van der Waals surface area contributed by atoms with Gasteiger partial charge in [0, 0.05) is 11.3 Å². The van der Waals surface area contributed by atoms with E-state index < -0.39 is 17.9 Å². The lowest BCUT2D eigenvalue weighted by atomic mass is 10.1. The number of methoxy groups -OCH3 is 3. The third kappa shape index (κ3) is 4.70. The molecule has 0 aliphatic heterocycles. The molecule has 0 saturated carbocycles. The Kier molecular flexibility index (Phi) is 6.81. The van der Waals surface area contributed by atoms with Crippen LogP contribution in [0.4, 0.5) is 10.1 Å². The van der Waals surface area contributed by atoms with E-state index in [0.29, 0.717) is 28.5 Å². The highest BCUT2D eigenvalue weighted by Gasteiger charge is 2.21. The molecule has 2 aromatic rings. The molecule has 0 heterocycles. The van der Waals surface area contributed by atoms with Crippen molar-refractivity contribution in [1.29, 1.82) is 0 Å². The van der Waals surface area contributed by atoms with Crippen molar-refractivity contribution in [3.8, 4) is 17.2 Å². The normalized spacial score (nSPS) is 11.4. The zero-order valence-corrected chi connectivity index (χ0v) is 16.4. The monoisotopic (exact) mass is 390 g/mol. The van der Waals surface area contributed by atoms with E-state index >= 15 is 0 Å². The third-order valence-corrected chi connectivity index (χ3v) is 4.11. The number of ether oxygens (including phenoxy) is 3. The summed E-state index contributed by atoms with van der Waals surface area (Å²) >= 11 is 0. The van der Waals surface area contributed by atoms with Gasteiger partial charge in [0.25, 0.3) is 5.91 Å². The molecule has 28 heavy (non-hydrogen) atoms. The summed E-state index contributed by atoms with van der Waals surface area (Å²) in [5, 5.41) is 5.28. The van der Waals surface area contributed by atoms with E-state index in [2.05, 4.69) is 10.6 Å². The smallest absolute Gasteiger partial charge is 0.252 e. The predicted octanol–water partition coefficient (Wildman–Crippen LogP) is 2.92. The van der Waals surface area contributed by atoms with Gasteiger partial charge in [-0.15, -0.1) is 0 Å². The van der Waals surface area contributed by atoms with Crippen LogP contribution in [0.25, 0.3) is 0 Å². The summed E-state index contributed by atoms with van der Waals surface area (Å²) in [6.07, 6.45) is 0. The predicted molar refractivity (Wildman–Crippen MR) is 103 cm³/mol. The molecule has 8 heteroatoms. The molecule has 0 aromatic heterocycles. The Bertz CT molecular complexity index is 860. The van der Waals surface area contributed by atoms with E-state index in [9.17, 15) is 14.0 Å². The number of benzene rings is 2. The van der Waals surface area contributed by atoms with Gasteiger partial charge < -0.3 is 24.8 Å². The summed E-state index contributed by atoms with van der Waals surface area (Å²) in [6.45, 7) is 3.22. The van der Waals surface area contributed by atoms with Crippen molar-refractivity contribution in [2.24, 2.45) is 0 Å². The fourth-order valence-corrected chi connectivity index (χ4v) is 2.57. The number of halogens is 1. The molecule has 0 unspecified atom stereocenters. The number of carbonyl (C=O) groups excluding carboxylic acids is 2. The van der Waals surface area contributed by atoms with Crippen LogP contribution in [-0.2, 0) is 4.79 Å². The minimum atomic E-state index is -0.837. The van der Waals surface area contributed by atoms with E-state index in [-0.39, 0.29) is 11.4 Å². The Hall–Kier alpha value is -3.29. The first-order valence-corrected chi connectivity index (χ1v) is 8.48. The second-order valence-electron chi connectivity index (χ2n) is 6.06. The second-order valence-corrected chi connectivity index (χ2v) is 6.06. The highest BCUT2D eigenvalue weighted by molar-refractivity contribution is 6.01. The first-order chi connectivity index (χ1) is 13.3. The summed E-state index contributed by atoms with van der Waals surface area (Å²) in [5.41, 5.74) is 1.30. The van der Waals surface area contributed by atoms with Gasteiger partial charge in [-0.2, -0.15) is 0 Å². The average Bonchev–Trinajstić information content (AvgIpc) is 2.68. The Morgan fingerprint density at radius 1 is 1.00 bits per heavy atom. The Morgan fingerprint density at radius 2 is 1.61 bits per heavy atom. The second kappa shape index (κ2) is 9.07. The lowest BCUT2D eigenvalue weighted by Crippen LogP contribution is -2.41. The molecule has 0 aliphatic rings. The van der Waals surface area contributed by atoms with Gasteiger partial charge in [0.15, 0.2) is 11.5 Å². The van der Waals surface area contributed by atoms with E-state index in [4.69, 9.17) is 14.2 Å². The van der Waals surface area contributed by atoms with Gasteiger partial charge in [-0.25, -0.2) is 4.39 Å². The maximum absolute atomic E-state index is 13.2. The summed E-state index contributed by atoms with van der Waals surface area (Å²) in [4.78, 5) is 24.9. The van der Waals surface area contributed by atoms with Gasteiger partial charge >= 0.3 is 0 Å². The van der Waals surface area contributed by atoms with Crippen LogP contribution in [0.5, 0.6) is 17.2 Å². The number of hydrogen-bond donors (Lipinski definition) is 2. The molecule has 2 aromatic carbocycles. The fraction of sp³-hybridized carbons (Fsp3) is 0.300. The van der Waals surface area contributed by atoms with Gasteiger partial charge in [0.1, 0.15) is 11.9 Å². The molecule has 2 rings (SSSR count). The molecule has 0 radical (unpaired) electrons. The van der Waals surface area contributed by atoms with E-state index in [0.717, 1.165) is 0 Å². The molecule has 7 nitrogen and oxygen atoms in total. The number of hydrogen-bond acceptors (Lipinski definition) is 5. The fourth-order valence-electron chi connectivity index (χ4n) is 2.57. The minimum absolute atomic E-state index is 0.243. The van der Waals surface area contributed by atoms with Gasteiger partial charge in [-0.05, 0) is 49.7 Å². The summed E-state index contributed by atoms with van der Waals surface area (Å²) in [5.74, 6) is -0.302. The Labute approximate surface area is 162 Å². The number of rotatable bonds is 7. The van der Waals surface area contributed by atoms with Crippen LogP contribution in [0.1, 0.15) is 22.8 Å². The van der Waals surface area contributed by atoms with Crippen LogP contribution in [0.3, 0.4) is 0 Å². The molecule has 0 saturated heterocycles. The zero-order chi connectivity index (χ0) is 20.8. The molecular weight excluding hydrogens is 367 g/mol. The molecule has 0 aliphatic carbocycles. The van der Waals surface area contributed by atoms with Gasteiger partial charge in [0.2, 0.25) is 11.7 Å². The van der Waals surface area contributed by atoms with E-state index in [1.165, 1.54) is 51.7 Å². The Balaban J connectivity index is 2.14. The maximum atomic E-state index is 13.2. The summed E-state index contributed by atoms with van der Waals surface area (Å²) in [7, 11) is 4.35. The van der Waals surface area contributed by atoms with Crippen molar-refractivity contribution >= 4 is 17.5 Å². The summed E-state index contributed by atoms with van der Waals surface area (Å²) < 4.78 is 28.9. The first-order valence-electron chi connectivity index (χ1n) is 8.48. The molecule has 2 N–H and O–H groups in total. The SMILES string of the molecule is COc1cc(C(=O)N[C@@H](C)C(=O)Nc2ccc(F)cc2C)cc(OC)c1OC. The van der Waals surface area contributed by atoms with Gasteiger partial charge in [-0.3, -0.25) is 9.59 Å². The topological polar surface area (TPSA) is 85.9 Å². The molecule has 150 valence electrons. The van der Waals surface area contributed by atoms with Crippen LogP contribution in [0, 0.1) is 12.7 Å². The number of carbonyl (C=O) groups is 2. The molecular formula is C20H23FN2O5. The van der Waals surface area contributed by atoms with Crippen LogP contribution < -0.4 is 24.8 Å². The first kappa shape index (κ1) is 21.0. The number of nitrogens with one attached hydrogen (secondary N) is 2. The number of amides is 2. The highest BCUT2D eigenvalue weighted by Crippen LogP contribution is 2.38. The Morgan fingerprint density at radius 3 is 2.11 bits per heavy atom. The van der Waals surface area contributed by atoms with E-state index in [1.54, 1.807) is 13.8 Å².